The largest absolute Gasteiger partial charge is 0.394 e. The summed E-state index contributed by atoms with van der Waals surface area (Å²) in [5.74, 6) is -0.487. The molecule has 0 rings (SSSR count). The third-order valence-corrected chi connectivity index (χ3v) is 1.93. The van der Waals surface area contributed by atoms with Crippen LogP contribution in [-0.2, 0) is 4.79 Å². The minimum absolute atomic E-state index is 0.487. The van der Waals surface area contributed by atoms with Crippen molar-refractivity contribution in [3.63, 3.8) is 0 Å². The third-order valence-electron chi connectivity index (χ3n) is 1.93. The molecule has 6 N–H and O–H groups in total. The molecule has 0 saturated carbocycles. The zero-order valence-electron chi connectivity index (χ0n) is 8.37. The summed E-state index contributed by atoms with van der Waals surface area (Å²) in [4.78, 5) is 10.7. The number of nitrogens with one attached hydrogen (secondary N) is 1. The zero-order chi connectivity index (χ0) is 12.0. The number of carbonyl (C=O) groups excluding carboxylic acids is 1. The van der Waals surface area contributed by atoms with Crippen LogP contribution < -0.4 is 5.32 Å². The molecule has 0 aliphatic carbocycles. The van der Waals surface area contributed by atoms with E-state index in [1.807, 2.05) is 0 Å². The molecule has 7 heteroatoms. The Hall–Kier alpha value is -0.730. The molecular weight excluding hydrogens is 206 g/mol. The summed E-state index contributed by atoms with van der Waals surface area (Å²) in [5.41, 5.74) is 0. The summed E-state index contributed by atoms with van der Waals surface area (Å²) in [6, 6.07) is -1.08. The molecule has 7 nitrogen and oxygen atoms in total. The molecule has 0 bridgehead atoms. The highest BCUT2D eigenvalue weighted by atomic mass is 16.4. The first-order valence-electron chi connectivity index (χ1n) is 4.47. The normalized spacial score (nSPS) is 19.1. The molecule has 15 heavy (non-hydrogen) atoms. The number of carbonyl (C=O) groups is 1. The fourth-order valence-electron chi connectivity index (χ4n) is 1.07. The Bertz CT molecular complexity index is 200. The highest BCUT2D eigenvalue weighted by molar-refractivity contribution is 5.73. The van der Waals surface area contributed by atoms with Crippen molar-refractivity contribution < 1.29 is 30.3 Å². The first-order valence-corrected chi connectivity index (χ1v) is 4.47. The second-order valence-corrected chi connectivity index (χ2v) is 3.22. The Balaban J connectivity index is 4.35. The van der Waals surface area contributed by atoms with Crippen molar-refractivity contribution in [1.82, 2.24) is 5.32 Å². The van der Waals surface area contributed by atoms with Crippen LogP contribution in [0.4, 0.5) is 0 Å². The molecule has 0 unspecified atom stereocenters. The van der Waals surface area contributed by atoms with Crippen molar-refractivity contribution in [2.75, 3.05) is 13.2 Å². The maximum Gasteiger partial charge on any atom is 0.217 e. The molecule has 0 aromatic rings. The quantitative estimate of drug-likeness (QED) is 0.278. The lowest BCUT2D eigenvalue weighted by Crippen LogP contribution is -2.53. The van der Waals surface area contributed by atoms with Gasteiger partial charge in [0.15, 0.2) is 0 Å². The van der Waals surface area contributed by atoms with E-state index in [-0.39, 0.29) is 0 Å². The van der Waals surface area contributed by atoms with E-state index in [1.54, 1.807) is 0 Å². The minimum atomic E-state index is -1.64. The van der Waals surface area contributed by atoms with Gasteiger partial charge in [-0.2, -0.15) is 0 Å². The predicted molar refractivity (Wildman–Crippen MR) is 49.8 cm³/mol. The minimum Gasteiger partial charge on any atom is -0.394 e. The van der Waals surface area contributed by atoms with E-state index in [0.717, 1.165) is 0 Å². The van der Waals surface area contributed by atoms with Gasteiger partial charge in [-0.1, -0.05) is 0 Å². The van der Waals surface area contributed by atoms with Crippen LogP contribution in [0.5, 0.6) is 0 Å². The second kappa shape index (κ2) is 6.70. The average Bonchev–Trinajstić information content (AvgIpc) is 2.22. The van der Waals surface area contributed by atoms with Gasteiger partial charge in [0.05, 0.1) is 19.3 Å². The number of aliphatic hydroxyl groups excluding tert-OH is 5. The van der Waals surface area contributed by atoms with Gasteiger partial charge in [-0.3, -0.25) is 4.79 Å². The SMILES string of the molecule is CC(=O)N[C@@H](CO)[C@H](O)[C@H](O)[C@H](O)CO. The molecule has 1 amide bonds. The molecule has 0 aromatic carbocycles. The average molecular weight is 223 g/mol. The Morgan fingerprint density at radius 3 is 2.00 bits per heavy atom. The summed E-state index contributed by atoms with van der Waals surface area (Å²) in [7, 11) is 0. The fraction of sp³-hybridized carbons (Fsp3) is 0.875. The van der Waals surface area contributed by atoms with Gasteiger partial charge in [0.25, 0.3) is 0 Å². The summed E-state index contributed by atoms with van der Waals surface area (Å²) < 4.78 is 0. The second-order valence-electron chi connectivity index (χ2n) is 3.22. The summed E-state index contributed by atoms with van der Waals surface area (Å²) in [5, 5.41) is 47.3. The highest BCUT2D eigenvalue weighted by Crippen LogP contribution is 2.04. The molecule has 0 spiro atoms. The summed E-state index contributed by atoms with van der Waals surface area (Å²) in [6.07, 6.45) is -4.72. The number of aliphatic hydroxyl groups is 5. The van der Waals surface area contributed by atoms with E-state index >= 15 is 0 Å². The first-order chi connectivity index (χ1) is 6.93. The molecule has 4 atom stereocenters. The maximum atomic E-state index is 10.7. The third kappa shape index (κ3) is 4.54. The Morgan fingerprint density at radius 1 is 1.13 bits per heavy atom. The van der Waals surface area contributed by atoms with Crippen molar-refractivity contribution in [3.8, 4) is 0 Å². The van der Waals surface area contributed by atoms with Crippen LogP contribution in [0, 0.1) is 0 Å². The summed E-state index contributed by atoms with van der Waals surface area (Å²) in [6.45, 7) is -0.128. The number of hydrogen-bond donors (Lipinski definition) is 6. The molecule has 0 aliphatic heterocycles. The smallest absolute Gasteiger partial charge is 0.217 e. The number of hydrogen-bond acceptors (Lipinski definition) is 6. The van der Waals surface area contributed by atoms with Gasteiger partial charge < -0.3 is 30.8 Å². The van der Waals surface area contributed by atoms with Crippen molar-refractivity contribution >= 4 is 5.91 Å². The standard InChI is InChI=1S/C8H17NO6/c1-4(12)9-5(2-10)7(14)8(15)6(13)3-11/h5-8,10-11,13-15H,2-3H2,1H3,(H,9,12)/t5-,6+,7-,8+/m0/s1. The first kappa shape index (κ1) is 14.3. The zero-order valence-corrected chi connectivity index (χ0v) is 8.37. The molecule has 0 saturated heterocycles. The van der Waals surface area contributed by atoms with Gasteiger partial charge in [0.2, 0.25) is 5.91 Å². The van der Waals surface area contributed by atoms with Gasteiger partial charge in [0.1, 0.15) is 18.3 Å². The van der Waals surface area contributed by atoms with Crippen LogP contribution in [0.25, 0.3) is 0 Å². The molecule has 0 fully saturated rings. The topological polar surface area (TPSA) is 130 Å². The monoisotopic (exact) mass is 223 g/mol. The van der Waals surface area contributed by atoms with E-state index in [2.05, 4.69) is 5.32 Å². The van der Waals surface area contributed by atoms with E-state index in [0.29, 0.717) is 0 Å². The van der Waals surface area contributed by atoms with E-state index in [9.17, 15) is 15.0 Å². The van der Waals surface area contributed by atoms with Crippen molar-refractivity contribution in [2.45, 2.75) is 31.3 Å². The highest BCUT2D eigenvalue weighted by Gasteiger charge is 2.31. The van der Waals surface area contributed by atoms with Crippen molar-refractivity contribution in [1.29, 1.82) is 0 Å². The molecule has 0 heterocycles. The van der Waals surface area contributed by atoms with Gasteiger partial charge in [-0.05, 0) is 0 Å². The lowest BCUT2D eigenvalue weighted by molar-refractivity contribution is -0.124. The van der Waals surface area contributed by atoms with E-state index in [1.165, 1.54) is 6.92 Å². The van der Waals surface area contributed by atoms with Gasteiger partial charge in [-0.25, -0.2) is 0 Å². The maximum absolute atomic E-state index is 10.7. The Kier molecular flexibility index (Phi) is 6.37. The van der Waals surface area contributed by atoms with Gasteiger partial charge in [-0.15, -0.1) is 0 Å². The van der Waals surface area contributed by atoms with Crippen LogP contribution in [0.1, 0.15) is 6.92 Å². The molecule has 0 aliphatic rings. The van der Waals surface area contributed by atoms with Crippen LogP contribution in [0.15, 0.2) is 0 Å². The van der Waals surface area contributed by atoms with E-state index in [4.69, 9.17) is 15.3 Å². The number of rotatable bonds is 6. The van der Waals surface area contributed by atoms with Gasteiger partial charge in [0, 0.05) is 6.92 Å². The lowest BCUT2D eigenvalue weighted by atomic mass is 10.0. The molecular formula is C8H17NO6. The van der Waals surface area contributed by atoms with Crippen LogP contribution in [-0.4, -0.2) is 69.0 Å². The predicted octanol–water partition coefficient (Wildman–Crippen LogP) is -3.44. The van der Waals surface area contributed by atoms with Crippen molar-refractivity contribution in [3.05, 3.63) is 0 Å². The van der Waals surface area contributed by atoms with Crippen LogP contribution >= 0.6 is 0 Å². The molecule has 0 radical (unpaired) electrons. The lowest BCUT2D eigenvalue weighted by Gasteiger charge is -2.27. The number of amides is 1. The Morgan fingerprint density at radius 2 is 1.67 bits per heavy atom. The molecule has 0 aromatic heterocycles. The Labute approximate surface area is 87.0 Å². The van der Waals surface area contributed by atoms with Crippen molar-refractivity contribution in [2.24, 2.45) is 0 Å². The molecule has 90 valence electrons. The van der Waals surface area contributed by atoms with Crippen LogP contribution in [0.3, 0.4) is 0 Å². The van der Waals surface area contributed by atoms with Gasteiger partial charge >= 0.3 is 0 Å². The summed E-state index contributed by atoms with van der Waals surface area (Å²) >= 11 is 0. The fourth-order valence-corrected chi connectivity index (χ4v) is 1.07. The van der Waals surface area contributed by atoms with E-state index < -0.39 is 43.5 Å². The van der Waals surface area contributed by atoms with Crippen LogP contribution in [0.2, 0.25) is 0 Å².